The number of nitrogens with one attached hydrogen (secondary N) is 1. The van der Waals surface area contributed by atoms with Crippen LogP contribution in [0.1, 0.15) is 23.5 Å². The molecule has 2 aromatic rings. The fraction of sp³-hybridized carbons (Fsp3) is 0.381. The van der Waals surface area contributed by atoms with Crippen LogP contribution in [-0.4, -0.2) is 45.0 Å². The second-order valence-corrected chi connectivity index (χ2v) is 6.89. The summed E-state index contributed by atoms with van der Waals surface area (Å²) in [4.78, 5) is 14.4. The molecule has 2 aliphatic heterocycles. The zero-order chi connectivity index (χ0) is 19.5. The van der Waals surface area contributed by atoms with Crippen molar-refractivity contribution in [1.29, 1.82) is 0 Å². The molecule has 1 saturated heterocycles. The molecule has 1 unspecified atom stereocenters. The Labute approximate surface area is 164 Å². The molecule has 4 rings (SSSR count). The first kappa shape index (κ1) is 18.3. The van der Waals surface area contributed by atoms with Crippen molar-refractivity contribution in [1.82, 2.24) is 10.2 Å². The lowest BCUT2D eigenvalue weighted by atomic mass is 9.98. The fourth-order valence-corrected chi connectivity index (χ4v) is 3.66. The normalized spacial score (nSPS) is 17.5. The number of hydrogen-bond donors (Lipinski definition) is 1. The van der Waals surface area contributed by atoms with Crippen molar-refractivity contribution in [3.05, 3.63) is 47.5 Å². The summed E-state index contributed by atoms with van der Waals surface area (Å²) >= 11 is 0. The Kier molecular flexibility index (Phi) is 5.14. The Morgan fingerprint density at radius 2 is 1.93 bits per heavy atom. The van der Waals surface area contributed by atoms with Crippen LogP contribution in [0.4, 0.5) is 4.79 Å². The molecule has 1 N–H and O–H groups in total. The lowest BCUT2D eigenvalue weighted by Crippen LogP contribution is -2.37. The van der Waals surface area contributed by atoms with Gasteiger partial charge in [0.15, 0.2) is 23.0 Å². The Bertz CT molecular complexity index is 870. The Balaban J connectivity index is 1.34. The lowest BCUT2D eigenvalue weighted by Gasteiger charge is -2.18. The van der Waals surface area contributed by atoms with Crippen molar-refractivity contribution in [2.75, 3.05) is 34.1 Å². The number of benzene rings is 2. The summed E-state index contributed by atoms with van der Waals surface area (Å²) in [6.45, 7) is 2.13. The lowest BCUT2D eigenvalue weighted by molar-refractivity contribution is 0.174. The van der Waals surface area contributed by atoms with Crippen molar-refractivity contribution >= 4 is 6.03 Å². The molecule has 7 nitrogen and oxygen atoms in total. The van der Waals surface area contributed by atoms with Crippen molar-refractivity contribution in [3.63, 3.8) is 0 Å². The predicted octanol–water partition coefficient (Wildman–Crippen LogP) is 3.13. The van der Waals surface area contributed by atoms with Gasteiger partial charge in [-0.15, -0.1) is 0 Å². The fourth-order valence-electron chi connectivity index (χ4n) is 3.66. The van der Waals surface area contributed by atoms with Gasteiger partial charge < -0.3 is 29.2 Å². The van der Waals surface area contributed by atoms with E-state index in [0.29, 0.717) is 30.5 Å². The number of amides is 2. The topological polar surface area (TPSA) is 69.3 Å². The zero-order valence-corrected chi connectivity index (χ0v) is 16.1. The van der Waals surface area contributed by atoms with E-state index in [1.54, 1.807) is 14.2 Å². The minimum atomic E-state index is -0.0574. The van der Waals surface area contributed by atoms with Gasteiger partial charge in [-0.25, -0.2) is 4.79 Å². The zero-order valence-electron chi connectivity index (χ0n) is 16.1. The van der Waals surface area contributed by atoms with Gasteiger partial charge in [0.1, 0.15) is 0 Å². The van der Waals surface area contributed by atoms with Gasteiger partial charge in [-0.2, -0.15) is 0 Å². The average molecular weight is 384 g/mol. The molecule has 0 bridgehead atoms. The van der Waals surface area contributed by atoms with Crippen LogP contribution in [0.3, 0.4) is 0 Å². The van der Waals surface area contributed by atoms with Gasteiger partial charge in [0, 0.05) is 25.6 Å². The highest BCUT2D eigenvalue weighted by atomic mass is 16.7. The van der Waals surface area contributed by atoms with Gasteiger partial charge in [0.2, 0.25) is 6.79 Å². The Morgan fingerprint density at radius 3 is 2.75 bits per heavy atom. The number of nitrogens with zero attached hydrogens (tertiary/aromatic N) is 1. The van der Waals surface area contributed by atoms with E-state index in [2.05, 4.69) is 11.4 Å². The monoisotopic (exact) mass is 384 g/mol. The van der Waals surface area contributed by atoms with E-state index < -0.39 is 0 Å². The molecule has 2 amide bonds. The van der Waals surface area contributed by atoms with Crippen molar-refractivity contribution in [2.24, 2.45) is 0 Å². The summed E-state index contributed by atoms with van der Waals surface area (Å²) in [7, 11) is 3.20. The van der Waals surface area contributed by atoms with Crippen LogP contribution in [0.5, 0.6) is 23.0 Å². The van der Waals surface area contributed by atoms with Crippen molar-refractivity contribution in [2.45, 2.75) is 18.9 Å². The van der Waals surface area contributed by atoms with Crippen LogP contribution in [-0.2, 0) is 6.54 Å². The van der Waals surface area contributed by atoms with Gasteiger partial charge in [-0.05, 0) is 41.8 Å². The molecular weight excluding hydrogens is 360 g/mol. The number of likely N-dealkylation sites (tertiary alicyclic amines) is 1. The first-order chi connectivity index (χ1) is 13.7. The van der Waals surface area contributed by atoms with E-state index in [4.69, 9.17) is 18.9 Å². The number of hydrogen-bond acceptors (Lipinski definition) is 5. The molecule has 0 saturated carbocycles. The van der Waals surface area contributed by atoms with Gasteiger partial charge in [-0.3, -0.25) is 0 Å². The van der Waals surface area contributed by atoms with Gasteiger partial charge in [0.25, 0.3) is 0 Å². The Hall–Kier alpha value is -3.09. The number of methoxy groups -OCH3 is 2. The SMILES string of the molecule is COc1ccc(CNC(=O)N2CCC(c3ccc4c(c3)OCO4)C2)cc1OC. The predicted molar refractivity (Wildman–Crippen MR) is 103 cm³/mol. The smallest absolute Gasteiger partial charge is 0.317 e. The highest BCUT2D eigenvalue weighted by Crippen LogP contribution is 2.37. The maximum Gasteiger partial charge on any atom is 0.317 e. The summed E-state index contributed by atoms with van der Waals surface area (Å²) in [5, 5.41) is 2.99. The second-order valence-electron chi connectivity index (χ2n) is 6.89. The summed E-state index contributed by atoms with van der Waals surface area (Å²) in [6.07, 6.45) is 0.934. The molecule has 148 valence electrons. The molecule has 1 atom stereocenters. The third-order valence-electron chi connectivity index (χ3n) is 5.24. The Morgan fingerprint density at radius 1 is 1.11 bits per heavy atom. The van der Waals surface area contributed by atoms with Crippen LogP contribution >= 0.6 is 0 Å². The molecule has 0 radical (unpaired) electrons. The van der Waals surface area contributed by atoms with Gasteiger partial charge in [0.05, 0.1) is 14.2 Å². The van der Waals surface area contributed by atoms with Gasteiger partial charge >= 0.3 is 6.03 Å². The highest BCUT2D eigenvalue weighted by Gasteiger charge is 2.28. The van der Waals surface area contributed by atoms with Crippen LogP contribution < -0.4 is 24.3 Å². The third kappa shape index (κ3) is 3.65. The number of carbonyl (C=O) groups is 1. The number of ether oxygens (including phenoxy) is 4. The minimum Gasteiger partial charge on any atom is -0.493 e. The van der Waals surface area contributed by atoms with Crippen LogP contribution in [0.15, 0.2) is 36.4 Å². The van der Waals surface area contributed by atoms with E-state index in [0.717, 1.165) is 30.0 Å². The average Bonchev–Trinajstić information content (AvgIpc) is 3.40. The molecule has 0 spiro atoms. The summed E-state index contributed by atoms with van der Waals surface area (Å²) < 4.78 is 21.4. The van der Waals surface area contributed by atoms with Crippen molar-refractivity contribution in [3.8, 4) is 23.0 Å². The van der Waals surface area contributed by atoms with Crippen LogP contribution in [0.25, 0.3) is 0 Å². The standard InChI is InChI=1S/C21H24N2O5/c1-25-17-5-3-14(9-19(17)26-2)11-22-21(24)23-8-7-16(12-23)15-4-6-18-20(10-15)28-13-27-18/h3-6,9-10,16H,7-8,11-13H2,1-2H3,(H,22,24). The summed E-state index contributed by atoms with van der Waals surface area (Å²) in [5.41, 5.74) is 2.14. The molecule has 2 aliphatic rings. The molecule has 1 fully saturated rings. The number of fused-ring (bicyclic) bond motifs is 1. The van der Waals surface area contributed by atoms with E-state index in [-0.39, 0.29) is 12.8 Å². The van der Waals surface area contributed by atoms with E-state index in [9.17, 15) is 4.79 Å². The number of urea groups is 1. The van der Waals surface area contributed by atoms with Crippen LogP contribution in [0.2, 0.25) is 0 Å². The summed E-state index contributed by atoms with van der Waals surface area (Å²) in [5.74, 6) is 3.20. The first-order valence-corrected chi connectivity index (χ1v) is 9.31. The molecule has 28 heavy (non-hydrogen) atoms. The highest BCUT2D eigenvalue weighted by molar-refractivity contribution is 5.74. The quantitative estimate of drug-likeness (QED) is 0.858. The maximum atomic E-state index is 12.6. The number of rotatable bonds is 5. The van der Waals surface area contributed by atoms with E-state index in [1.165, 1.54) is 5.56 Å². The minimum absolute atomic E-state index is 0.0574. The number of carbonyl (C=O) groups excluding carboxylic acids is 1. The second kappa shape index (κ2) is 7.88. The van der Waals surface area contributed by atoms with Crippen LogP contribution in [0, 0.1) is 0 Å². The molecular formula is C21H24N2O5. The molecule has 2 heterocycles. The first-order valence-electron chi connectivity index (χ1n) is 9.31. The largest absolute Gasteiger partial charge is 0.493 e. The molecule has 0 aromatic heterocycles. The van der Waals surface area contributed by atoms with E-state index >= 15 is 0 Å². The maximum absolute atomic E-state index is 12.6. The van der Waals surface area contributed by atoms with Gasteiger partial charge in [-0.1, -0.05) is 12.1 Å². The third-order valence-corrected chi connectivity index (χ3v) is 5.24. The molecule has 7 heteroatoms. The molecule has 2 aromatic carbocycles. The molecule has 0 aliphatic carbocycles. The van der Waals surface area contributed by atoms with E-state index in [1.807, 2.05) is 35.2 Å². The van der Waals surface area contributed by atoms with Crippen molar-refractivity contribution < 1.29 is 23.7 Å². The summed E-state index contributed by atoms with van der Waals surface area (Å²) in [6, 6.07) is 11.6.